The maximum atomic E-state index is 5.79. The van der Waals surface area contributed by atoms with Gasteiger partial charge in [0.15, 0.2) is 0 Å². The van der Waals surface area contributed by atoms with Gasteiger partial charge in [0.05, 0.1) is 0 Å². The van der Waals surface area contributed by atoms with Crippen LogP contribution in [0.1, 0.15) is 76.9 Å². The molecule has 1 aromatic heterocycles. The van der Waals surface area contributed by atoms with Crippen LogP contribution in [0.4, 0.5) is 5.95 Å². The van der Waals surface area contributed by atoms with Gasteiger partial charge in [0.2, 0.25) is 5.95 Å². The zero-order valence-corrected chi connectivity index (χ0v) is 11.9. The Morgan fingerprint density at radius 3 is 2.28 bits per heavy atom. The molecule has 100 valence electrons. The molecule has 0 radical (unpaired) electrons. The molecule has 0 aliphatic heterocycles. The second-order valence-corrected chi connectivity index (χ2v) is 6.50. The Kier molecular flexibility index (Phi) is 3.55. The summed E-state index contributed by atoms with van der Waals surface area (Å²) in [5.74, 6) is 2.85. The highest BCUT2D eigenvalue weighted by Gasteiger charge is 2.29. The predicted octanol–water partition coefficient (Wildman–Crippen LogP) is 3.26. The van der Waals surface area contributed by atoms with Gasteiger partial charge in [0.1, 0.15) is 11.6 Å². The molecule has 0 unspecified atom stereocenters. The van der Waals surface area contributed by atoms with Crippen molar-refractivity contribution < 1.29 is 0 Å². The number of nitrogens with zero attached hydrogens (tertiary/aromatic N) is 3. The van der Waals surface area contributed by atoms with Crippen LogP contribution in [-0.2, 0) is 0 Å². The fraction of sp³-hybridized carbons (Fsp3) is 0.786. The summed E-state index contributed by atoms with van der Waals surface area (Å²) in [5, 5.41) is 0. The Hall–Kier alpha value is -1.19. The Bertz CT molecular complexity index is 416. The quantitative estimate of drug-likeness (QED) is 0.872. The zero-order valence-electron chi connectivity index (χ0n) is 11.9. The van der Waals surface area contributed by atoms with Crippen molar-refractivity contribution in [2.45, 2.75) is 65.2 Å². The third-order valence-electron chi connectivity index (χ3n) is 3.91. The van der Waals surface area contributed by atoms with Crippen molar-refractivity contribution in [3.8, 4) is 0 Å². The Morgan fingerprint density at radius 2 is 1.72 bits per heavy atom. The lowest BCUT2D eigenvalue weighted by molar-refractivity contribution is 0.220. The summed E-state index contributed by atoms with van der Waals surface area (Å²) in [6.07, 6.45) is 4.79. The van der Waals surface area contributed by atoms with Gasteiger partial charge >= 0.3 is 0 Å². The van der Waals surface area contributed by atoms with E-state index < -0.39 is 0 Å². The van der Waals surface area contributed by atoms with E-state index in [1.807, 2.05) is 0 Å². The number of aromatic nitrogens is 3. The molecular formula is C14H24N4. The molecule has 0 aromatic carbocycles. The molecular weight excluding hydrogens is 224 g/mol. The summed E-state index contributed by atoms with van der Waals surface area (Å²) < 4.78 is 0. The van der Waals surface area contributed by atoms with Crippen molar-refractivity contribution in [3.63, 3.8) is 0 Å². The van der Waals surface area contributed by atoms with E-state index in [1.165, 1.54) is 12.8 Å². The molecule has 1 aromatic rings. The lowest BCUT2D eigenvalue weighted by atomic mass is 9.73. The molecule has 1 saturated carbocycles. The second kappa shape index (κ2) is 4.82. The number of hydrogen-bond acceptors (Lipinski definition) is 4. The summed E-state index contributed by atoms with van der Waals surface area (Å²) in [6.45, 7) is 8.85. The van der Waals surface area contributed by atoms with Crippen LogP contribution >= 0.6 is 0 Å². The van der Waals surface area contributed by atoms with Crippen LogP contribution in [0.25, 0.3) is 0 Å². The Labute approximate surface area is 109 Å². The van der Waals surface area contributed by atoms with Gasteiger partial charge in [-0.2, -0.15) is 9.97 Å². The predicted molar refractivity (Wildman–Crippen MR) is 73.3 cm³/mol. The first-order valence-corrected chi connectivity index (χ1v) is 6.89. The SMILES string of the molecule is CC(C)c1nc(N)nc(C2CCC(C)(C)CC2)n1. The molecule has 1 aliphatic carbocycles. The van der Waals surface area contributed by atoms with Gasteiger partial charge in [-0.1, -0.05) is 27.7 Å². The van der Waals surface area contributed by atoms with E-state index >= 15 is 0 Å². The highest BCUT2D eigenvalue weighted by molar-refractivity contribution is 5.19. The third-order valence-corrected chi connectivity index (χ3v) is 3.91. The largest absolute Gasteiger partial charge is 0.368 e. The summed E-state index contributed by atoms with van der Waals surface area (Å²) >= 11 is 0. The molecule has 1 aliphatic rings. The Morgan fingerprint density at radius 1 is 1.11 bits per heavy atom. The lowest BCUT2D eigenvalue weighted by Crippen LogP contribution is -2.22. The highest BCUT2D eigenvalue weighted by atomic mass is 15.1. The van der Waals surface area contributed by atoms with E-state index in [1.54, 1.807) is 0 Å². The molecule has 1 fully saturated rings. The maximum Gasteiger partial charge on any atom is 0.223 e. The number of hydrogen-bond donors (Lipinski definition) is 1. The van der Waals surface area contributed by atoms with E-state index in [-0.39, 0.29) is 0 Å². The van der Waals surface area contributed by atoms with Crippen LogP contribution < -0.4 is 5.73 Å². The van der Waals surface area contributed by atoms with Crippen molar-refractivity contribution >= 4 is 5.95 Å². The fourth-order valence-corrected chi connectivity index (χ4v) is 2.53. The number of nitrogen functional groups attached to an aromatic ring is 1. The second-order valence-electron chi connectivity index (χ2n) is 6.50. The molecule has 0 spiro atoms. The first-order chi connectivity index (χ1) is 8.37. The van der Waals surface area contributed by atoms with Crippen molar-refractivity contribution in [1.82, 2.24) is 15.0 Å². The van der Waals surface area contributed by atoms with Crippen LogP contribution in [-0.4, -0.2) is 15.0 Å². The number of nitrogens with two attached hydrogens (primary N) is 1. The zero-order chi connectivity index (χ0) is 13.3. The van der Waals surface area contributed by atoms with E-state index in [2.05, 4.69) is 42.6 Å². The fourth-order valence-electron chi connectivity index (χ4n) is 2.53. The molecule has 2 N–H and O–H groups in total. The molecule has 0 amide bonds. The first-order valence-electron chi connectivity index (χ1n) is 6.89. The van der Waals surface area contributed by atoms with E-state index in [0.717, 1.165) is 24.5 Å². The third kappa shape index (κ3) is 2.98. The van der Waals surface area contributed by atoms with Crippen molar-refractivity contribution in [3.05, 3.63) is 11.6 Å². The summed E-state index contributed by atoms with van der Waals surface area (Å²) in [7, 11) is 0. The highest BCUT2D eigenvalue weighted by Crippen LogP contribution is 2.41. The molecule has 4 nitrogen and oxygen atoms in total. The molecule has 0 bridgehead atoms. The van der Waals surface area contributed by atoms with E-state index in [4.69, 9.17) is 5.73 Å². The topological polar surface area (TPSA) is 64.7 Å². The van der Waals surface area contributed by atoms with Crippen molar-refractivity contribution in [1.29, 1.82) is 0 Å². The van der Waals surface area contributed by atoms with Gasteiger partial charge in [-0.05, 0) is 31.1 Å². The molecule has 2 rings (SSSR count). The monoisotopic (exact) mass is 248 g/mol. The summed E-state index contributed by atoms with van der Waals surface area (Å²) in [4.78, 5) is 13.2. The van der Waals surface area contributed by atoms with Crippen molar-refractivity contribution in [2.24, 2.45) is 5.41 Å². The van der Waals surface area contributed by atoms with Crippen LogP contribution in [0.5, 0.6) is 0 Å². The van der Waals surface area contributed by atoms with Gasteiger partial charge in [0, 0.05) is 11.8 Å². The van der Waals surface area contributed by atoms with Gasteiger partial charge in [-0.25, -0.2) is 4.98 Å². The standard InChI is InChI=1S/C14H24N4/c1-9(2)11-16-12(18-13(15)17-11)10-5-7-14(3,4)8-6-10/h9-10H,5-8H2,1-4H3,(H2,15,16,17,18). The van der Waals surface area contributed by atoms with Gasteiger partial charge in [-0.15, -0.1) is 0 Å². The van der Waals surface area contributed by atoms with Gasteiger partial charge in [-0.3, -0.25) is 0 Å². The van der Waals surface area contributed by atoms with Crippen LogP contribution in [0.3, 0.4) is 0 Å². The molecule has 18 heavy (non-hydrogen) atoms. The Balaban J connectivity index is 2.19. The molecule has 1 heterocycles. The average Bonchev–Trinajstić information content (AvgIpc) is 2.28. The minimum atomic E-state index is 0.300. The maximum absolute atomic E-state index is 5.79. The molecule has 0 saturated heterocycles. The molecule has 4 heteroatoms. The summed E-state index contributed by atoms with van der Waals surface area (Å²) in [5.41, 5.74) is 6.26. The van der Waals surface area contributed by atoms with E-state index in [9.17, 15) is 0 Å². The lowest BCUT2D eigenvalue weighted by Gasteiger charge is -2.33. The number of rotatable bonds is 2. The molecule has 0 atom stereocenters. The average molecular weight is 248 g/mol. The number of anilines is 1. The van der Waals surface area contributed by atoms with E-state index in [0.29, 0.717) is 23.2 Å². The summed E-state index contributed by atoms with van der Waals surface area (Å²) in [6, 6.07) is 0. The van der Waals surface area contributed by atoms with Gasteiger partial charge < -0.3 is 5.73 Å². The van der Waals surface area contributed by atoms with Crippen molar-refractivity contribution in [2.75, 3.05) is 5.73 Å². The van der Waals surface area contributed by atoms with Crippen LogP contribution in [0, 0.1) is 5.41 Å². The van der Waals surface area contributed by atoms with Gasteiger partial charge in [0.25, 0.3) is 0 Å². The van der Waals surface area contributed by atoms with Crippen LogP contribution in [0.2, 0.25) is 0 Å². The van der Waals surface area contributed by atoms with Crippen LogP contribution in [0.15, 0.2) is 0 Å². The minimum Gasteiger partial charge on any atom is -0.368 e. The first kappa shape index (κ1) is 13.2. The smallest absolute Gasteiger partial charge is 0.223 e. The minimum absolute atomic E-state index is 0.300. The normalized spacial score (nSPS) is 20.3.